The number of nitrogens with one attached hydrogen (secondary N) is 3. The number of aromatic hydroxyl groups is 1. The van der Waals surface area contributed by atoms with Crippen LogP contribution in [0.2, 0.25) is 0 Å². The highest BCUT2D eigenvalue weighted by Crippen LogP contribution is 2.33. The van der Waals surface area contributed by atoms with Crippen molar-refractivity contribution in [1.29, 1.82) is 0 Å². The molecule has 1 aliphatic rings. The van der Waals surface area contributed by atoms with Crippen LogP contribution in [0, 0.1) is 0 Å². The van der Waals surface area contributed by atoms with Crippen molar-refractivity contribution in [2.75, 3.05) is 13.7 Å². The number of phenolic OH excluding ortho intramolecular Hbond substituents is 1. The van der Waals surface area contributed by atoms with E-state index in [1.165, 1.54) is 0 Å². The van der Waals surface area contributed by atoms with Gasteiger partial charge in [0.1, 0.15) is 0 Å². The maximum absolute atomic E-state index is 12.2. The number of carbonyl (C=O) groups excluding carboxylic acids is 1. The Morgan fingerprint density at radius 2 is 2.23 bits per heavy atom. The number of ether oxygens (including phenoxy) is 1. The first-order chi connectivity index (χ1) is 10.5. The van der Waals surface area contributed by atoms with Crippen molar-refractivity contribution >= 4 is 23.2 Å². The number of likely N-dealkylation sites (N-methyl/N-ethyl adjacent to an activating group) is 1. The second kappa shape index (κ2) is 6.65. The number of allylic oxidation sites excluding steroid dienone is 1. The number of rotatable bonds is 4. The van der Waals surface area contributed by atoms with Gasteiger partial charge >= 0.3 is 0 Å². The van der Waals surface area contributed by atoms with Crippen LogP contribution in [0.25, 0.3) is 0 Å². The Labute approximate surface area is 134 Å². The minimum Gasteiger partial charge on any atom is -0.504 e. The molecule has 7 heteroatoms. The summed E-state index contributed by atoms with van der Waals surface area (Å²) in [5.74, 6) is 0.237. The minimum absolute atomic E-state index is 0.0595. The van der Waals surface area contributed by atoms with Crippen LogP contribution in [0.15, 0.2) is 29.5 Å². The number of carbonyl (C=O) groups is 1. The van der Waals surface area contributed by atoms with E-state index in [-0.39, 0.29) is 11.7 Å². The SMILES string of the molecule is CCOc1cc([C@@H]2NC(=S)NC(C)=C2C(=O)NC)ccc1O. The lowest BCUT2D eigenvalue weighted by molar-refractivity contribution is -0.117. The summed E-state index contributed by atoms with van der Waals surface area (Å²) in [5, 5.41) is 18.9. The fourth-order valence-electron chi connectivity index (χ4n) is 2.36. The number of phenols is 1. The Hall–Kier alpha value is -2.28. The number of hydrogen-bond donors (Lipinski definition) is 4. The molecular weight excluding hydrogens is 302 g/mol. The smallest absolute Gasteiger partial charge is 0.251 e. The van der Waals surface area contributed by atoms with E-state index in [4.69, 9.17) is 17.0 Å². The molecule has 4 N–H and O–H groups in total. The van der Waals surface area contributed by atoms with Gasteiger partial charge in [-0.1, -0.05) is 6.07 Å². The third kappa shape index (κ3) is 3.14. The highest BCUT2D eigenvalue weighted by molar-refractivity contribution is 7.80. The maximum Gasteiger partial charge on any atom is 0.251 e. The third-order valence-corrected chi connectivity index (χ3v) is 3.58. The van der Waals surface area contributed by atoms with Crippen molar-refractivity contribution in [2.45, 2.75) is 19.9 Å². The van der Waals surface area contributed by atoms with Crippen LogP contribution in [-0.2, 0) is 4.79 Å². The van der Waals surface area contributed by atoms with E-state index in [0.29, 0.717) is 28.7 Å². The molecule has 1 aromatic carbocycles. The average Bonchev–Trinajstić information content (AvgIpc) is 2.48. The second-order valence-electron chi connectivity index (χ2n) is 4.81. The first-order valence-electron chi connectivity index (χ1n) is 6.94. The summed E-state index contributed by atoms with van der Waals surface area (Å²) < 4.78 is 5.40. The molecule has 0 unspecified atom stereocenters. The molecule has 0 saturated carbocycles. The van der Waals surface area contributed by atoms with E-state index in [1.54, 1.807) is 32.2 Å². The lowest BCUT2D eigenvalue weighted by Gasteiger charge is -2.30. The number of thiocarbonyl (C=S) groups is 1. The normalized spacial score (nSPS) is 17.6. The predicted octanol–water partition coefficient (Wildman–Crippen LogP) is 1.33. The Morgan fingerprint density at radius 3 is 2.86 bits per heavy atom. The van der Waals surface area contributed by atoms with Crippen LogP contribution < -0.4 is 20.7 Å². The summed E-state index contributed by atoms with van der Waals surface area (Å²) in [4.78, 5) is 12.2. The standard InChI is InChI=1S/C15H19N3O3S/c1-4-21-11-7-9(5-6-10(11)19)13-12(14(20)16-3)8(2)17-15(22)18-13/h5-7,13,19H,4H2,1-3H3,(H,16,20)(H2,17,18,22)/t13-/m0/s1. The molecule has 0 bridgehead atoms. The molecule has 0 aromatic heterocycles. The number of benzene rings is 1. The molecule has 1 heterocycles. The topological polar surface area (TPSA) is 82.6 Å². The van der Waals surface area contributed by atoms with Gasteiger partial charge in [0.15, 0.2) is 16.6 Å². The Bertz CT molecular complexity index is 643. The third-order valence-electron chi connectivity index (χ3n) is 3.36. The van der Waals surface area contributed by atoms with Crippen LogP contribution in [0.4, 0.5) is 0 Å². The molecule has 0 saturated heterocycles. The van der Waals surface area contributed by atoms with E-state index in [9.17, 15) is 9.90 Å². The van der Waals surface area contributed by atoms with Crippen molar-refractivity contribution in [2.24, 2.45) is 0 Å². The van der Waals surface area contributed by atoms with E-state index in [1.807, 2.05) is 6.92 Å². The molecule has 0 spiro atoms. The first-order valence-corrected chi connectivity index (χ1v) is 7.34. The van der Waals surface area contributed by atoms with Gasteiger partial charge in [-0.3, -0.25) is 4.79 Å². The number of amides is 1. The monoisotopic (exact) mass is 321 g/mol. The molecule has 1 amide bonds. The molecule has 6 nitrogen and oxygen atoms in total. The molecule has 0 fully saturated rings. The Balaban J connectivity index is 2.48. The largest absolute Gasteiger partial charge is 0.504 e. The van der Waals surface area contributed by atoms with Gasteiger partial charge in [0.2, 0.25) is 0 Å². The molecule has 22 heavy (non-hydrogen) atoms. The Kier molecular flexibility index (Phi) is 4.87. The first kappa shape index (κ1) is 16.1. The molecule has 1 aliphatic heterocycles. The van der Waals surface area contributed by atoms with Gasteiger partial charge in [-0.15, -0.1) is 0 Å². The van der Waals surface area contributed by atoms with Crippen LogP contribution in [0.1, 0.15) is 25.5 Å². The van der Waals surface area contributed by atoms with Gasteiger partial charge in [-0.25, -0.2) is 0 Å². The van der Waals surface area contributed by atoms with Gasteiger partial charge in [0.05, 0.1) is 18.2 Å². The lowest BCUT2D eigenvalue weighted by atomic mass is 9.94. The van der Waals surface area contributed by atoms with Gasteiger partial charge in [0, 0.05) is 12.7 Å². The lowest BCUT2D eigenvalue weighted by Crippen LogP contribution is -2.46. The molecule has 0 aliphatic carbocycles. The second-order valence-corrected chi connectivity index (χ2v) is 5.22. The highest BCUT2D eigenvalue weighted by atomic mass is 32.1. The fourth-order valence-corrected chi connectivity index (χ4v) is 2.63. The van der Waals surface area contributed by atoms with Gasteiger partial charge in [-0.05, 0) is 43.8 Å². The molecule has 1 aromatic rings. The van der Waals surface area contributed by atoms with Gasteiger partial charge in [-0.2, -0.15) is 0 Å². The quantitative estimate of drug-likeness (QED) is 0.626. The van der Waals surface area contributed by atoms with Crippen LogP contribution in [0.5, 0.6) is 11.5 Å². The summed E-state index contributed by atoms with van der Waals surface area (Å²) in [6.45, 7) is 4.07. The Morgan fingerprint density at radius 1 is 1.50 bits per heavy atom. The van der Waals surface area contributed by atoms with Crippen molar-refractivity contribution in [3.05, 3.63) is 35.0 Å². The zero-order chi connectivity index (χ0) is 16.3. The van der Waals surface area contributed by atoms with Gasteiger partial charge in [0.25, 0.3) is 5.91 Å². The zero-order valence-corrected chi connectivity index (χ0v) is 13.5. The number of hydrogen-bond acceptors (Lipinski definition) is 4. The van der Waals surface area contributed by atoms with Crippen molar-refractivity contribution in [3.63, 3.8) is 0 Å². The summed E-state index contributed by atoms with van der Waals surface area (Å²) in [5.41, 5.74) is 2.02. The van der Waals surface area contributed by atoms with Crippen LogP contribution in [0.3, 0.4) is 0 Å². The summed E-state index contributed by atoms with van der Waals surface area (Å²) >= 11 is 5.18. The summed E-state index contributed by atoms with van der Waals surface area (Å²) in [7, 11) is 1.58. The molecule has 0 radical (unpaired) electrons. The van der Waals surface area contributed by atoms with E-state index in [0.717, 1.165) is 5.56 Å². The van der Waals surface area contributed by atoms with Crippen LogP contribution in [-0.4, -0.2) is 29.8 Å². The molecule has 2 rings (SSSR count). The van der Waals surface area contributed by atoms with Crippen molar-refractivity contribution in [3.8, 4) is 11.5 Å². The molecule has 118 valence electrons. The van der Waals surface area contributed by atoms with Gasteiger partial charge < -0.3 is 25.8 Å². The fraction of sp³-hybridized carbons (Fsp3) is 0.333. The van der Waals surface area contributed by atoms with E-state index >= 15 is 0 Å². The zero-order valence-electron chi connectivity index (χ0n) is 12.7. The molecular formula is C15H19N3O3S. The highest BCUT2D eigenvalue weighted by Gasteiger charge is 2.29. The molecule has 1 atom stereocenters. The van der Waals surface area contributed by atoms with E-state index < -0.39 is 6.04 Å². The van der Waals surface area contributed by atoms with Crippen LogP contribution >= 0.6 is 12.2 Å². The van der Waals surface area contributed by atoms with E-state index in [2.05, 4.69) is 16.0 Å². The van der Waals surface area contributed by atoms with Crippen molar-refractivity contribution in [1.82, 2.24) is 16.0 Å². The summed E-state index contributed by atoms with van der Waals surface area (Å²) in [6, 6.07) is 4.58. The minimum atomic E-state index is -0.409. The van der Waals surface area contributed by atoms with Crippen molar-refractivity contribution < 1.29 is 14.6 Å². The predicted molar refractivity (Wildman–Crippen MR) is 87.7 cm³/mol. The average molecular weight is 321 g/mol. The maximum atomic E-state index is 12.2. The summed E-state index contributed by atoms with van der Waals surface area (Å²) in [6.07, 6.45) is 0.